The average molecular weight is 217 g/mol. The van der Waals surface area contributed by atoms with E-state index in [9.17, 15) is 4.79 Å². The van der Waals surface area contributed by atoms with Gasteiger partial charge < -0.3 is 14.4 Å². The summed E-state index contributed by atoms with van der Waals surface area (Å²) in [6.45, 7) is 7.72. The number of nitrogens with zero attached hydrogens (tertiary/aromatic N) is 1. The standard InChI is InChI=1S/C9H19NO3Si/c1-14(2,3)13-8-4-6-10(7-5-8)9(11)12/h8H,4-7H2,1-3H3,(H,11,12). The summed E-state index contributed by atoms with van der Waals surface area (Å²) in [5.74, 6) is 0. The van der Waals surface area contributed by atoms with Crippen molar-refractivity contribution in [2.75, 3.05) is 13.1 Å². The Balaban J connectivity index is 2.33. The minimum Gasteiger partial charge on any atom is -0.465 e. The maximum Gasteiger partial charge on any atom is 0.407 e. The van der Waals surface area contributed by atoms with Gasteiger partial charge in [-0.25, -0.2) is 4.79 Å². The van der Waals surface area contributed by atoms with Crippen LogP contribution in [0.1, 0.15) is 12.8 Å². The lowest BCUT2D eigenvalue weighted by Crippen LogP contribution is -2.43. The zero-order valence-corrected chi connectivity index (χ0v) is 10.1. The molecule has 0 spiro atoms. The Morgan fingerprint density at radius 1 is 1.36 bits per heavy atom. The van der Waals surface area contributed by atoms with Crippen molar-refractivity contribution in [3.63, 3.8) is 0 Å². The fourth-order valence-corrected chi connectivity index (χ4v) is 2.90. The summed E-state index contributed by atoms with van der Waals surface area (Å²) in [6, 6.07) is 0. The van der Waals surface area contributed by atoms with Crippen molar-refractivity contribution >= 4 is 14.4 Å². The smallest absolute Gasteiger partial charge is 0.407 e. The van der Waals surface area contributed by atoms with Crippen molar-refractivity contribution in [3.8, 4) is 0 Å². The molecule has 1 N–H and O–H groups in total. The third kappa shape index (κ3) is 3.67. The fraction of sp³-hybridized carbons (Fsp3) is 0.889. The Bertz CT molecular complexity index is 207. The monoisotopic (exact) mass is 217 g/mol. The first-order valence-corrected chi connectivity index (χ1v) is 8.45. The summed E-state index contributed by atoms with van der Waals surface area (Å²) < 4.78 is 5.93. The van der Waals surface area contributed by atoms with Crippen LogP contribution in [0.4, 0.5) is 4.79 Å². The summed E-state index contributed by atoms with van der Waals surface area (Å²) in [4.78, 5) is 12.1. The fourth-order valence-electron chi connectivity index (χ4n) is 1.66. The van der Waals surface area contributed by atoms with Crippen molar-refractivity contribution in [1.82, 2.24) is 4.90 Å². The van der Waals surface area contributed by atoms with E-state index < -0.39 is 14.4 Å². The van der Waals surface area contributed by atoms with E-state index in [-0.39, 0.29) is 6.10 Å². The Morgan fingerprint density at radius 2 is 1.86 bits per heavy atom. The first-order valence-electron chi connectivity index (χ1n) is 5.04. The molecule has 0 bridgehead atoms. The van der Waals surface area contributed by atoms with Crippen LogP contribution in [0.15, 0.2) is 0 Å². The molecule has 0 aliphatic carbocycles. The Labute approximate surface area is 86.0 Å². The van der Waals surface area contributed by atoms with E-state index in [4.69, 9.17) is 9.53 Å². The highest BCUT2D eigenvalue weighted by atomic mass is 28.4. The molecule has 0 saturated carbocycles. The van der Waals surface area contributed by atoms with Crippen molar-refractivity contribution < 1.29 is 14.3 Å². The van der Waals surface area contributed by atoms with Crippen LogP contribution in [0, 0.1) is 0 Å². The highest BCUT2D eigenvalue weighted by Crippen LogP contribution is 2.18. The van der Waals surface area contributed by atoms with Crippen LogP contribution in [-0.2, 0) is 4.43 Å². The van der Waals surface area contributed by atoms with Crippen molar-refractivity contribution in [2.24, 2.45) is 0 Å². The maximum absolute atomic E-state index is 10.6. The average Bonchev–Trinajstić information content (AvgIpc) is 2.02. The Kier molecular flexibility index (Phi) is 3.55. The van der Waals surface area contributed by atoms with E-state index in [1.165, 1.54) is 4.90 Å². The molecular weight excluding hydrogens is 198 g/mol. The van der Waals surface area contributed by atoms with Crippen molar-refractivity contribution in [3.05, 3.63) is 0 Å². The summed E-state index contributed by atoms with van der Waals surface area (Å²) in [6.07, 6.45) is 1.15. The highest BCUT2D eigenvalue weighted by molar-refractivity contribution is 6.69. The third-order valence-electron chi connectivity index (χ3n) is 2.23. The molecule has 0 aromatic carbocycles. The molecule has 1 aliphatic rings. The molecule has 82 valence electrons. The summed E-state index contributed by atoms with van der Waals surface area (Å²) >= 11 is 0. The molecule has 0 aromatic rings. The maximum atomic E-state index is 10.6. The number of rotatable bonds is 2. The molecule has 1 heterocycles. The largest absolute Gasteiger partial charge is 0.465 e. The van der Waals surface area contributed by atoms with Crippen LogP contribution < -0.4 is 0 Å². The number of likely N-dealkylation sites (tertiary alicyclic amines) is 1. The molecule has 1 rings (SSSR count). The SMILES string of the molecule is C[Si](C)(C)OC1CCN(C(=O)O)CC1. The molecule has 1 amide bonds. The van der Waals surface area contributed by atoms with E-state index >= 15 is 0 Å². The normalized spacial score (nSPS) is 19.8. The van der Waals surface area contributed by atoms with Gasteiger partial charge in [0.1, 0.15) is 0 Å². The molecule has 1 saturated heterocycles. The van der Waals surface area contributed by atoms with Gasteiger partial charge in [0.2, 0.25) is 0 Å². The number of amides is 1. The van der Waals surface area contributed by atoms with Gasteiger partial charge in [0.05, 0.1) is 0 Å². The molecule has 4 nitrogen and oxygen atoms in total. The van der Waals surface area contributed by atoms with Gasteiger partial charge in [0, 0.05) is 19.2 Å². The van der Waals surface area contributed by atoms with E-state index in [2.05, 4.69) is 19.6 Å². The molecule has 14 heavy (non-hydrogen) atoms. The predicted molar refractivity (Wildman–Crippen MR) is 57.1 cm³/mol. The zero-order chi connectivity index (χ0) is 10.8. The molecule has 0 atom stereocenters. The van der Waals surface area contributed by atoms with Crippen LogP contribution in [0.25, 0.3) is 0 Å². The molecule has 0 aromatic heterocycles. The lowest BCUT2D eigenvalue weighted by Gasteiger charge is -2.33. The van der Waals surface area contributed by atoms with E-state index in [0.29, 0.717) is 13.1 Å². The van der Waals surface area contributed by atoms with Gasteiger partial charge in [-0.2, -0.15) is 0 Å². The van der Waals surface area contributed by atoms with Gasteiger partial charge in [-0.05, 0) is 32.5 Å². The second-order valence-corrected chi connectivity index (χ2v) is 9.16. The van der Waals surface area contributed by atoms with Gasteiger partial charge in [-0.15, -0.1) is 0 Å². The minimum atomic E-state index is -1.46. The molecule has 0 radical (unpaired) electrons. The number of piperidine rings is 1. The van der Waals surface area contributed by atoms with Gasteiger partial charge in [0.15, 0.2) is 8.32 Å². The number of carboxylic acid groups (broad SMARTS) is 1. The van der Waals surface area contributed by atoms with E-state index in [1.54, 1.807) is 0 Å². The summed E-state index contributed by atoms with van der Waals surface area (Å²) in [7, 11) is -1.46. The van der Waals surface area contributed by atoms with Crippen LogP contribution in [0.5, 0.6) is 0 Å². The van der Waals surface area contributed by atoms with E-state index in [1.807, 2.05) is 0 Å². The Hall–Kier alpha value is -0.553. The van der Waals surface area contributed by atoms with E-state index in [0.717, 1.165) is 12.8 Å². The molecular formula is C9H19NO3Si. The number of hydrogen-bond donors (Lipinski definition) is 1. The minimum absolute atomic E-state index is 0.275. The zero-order valence-electron chi connectivity index (χ0n) is 9.12. The molecule has 0 unspecified atom stereocenters. The van der Waals surface area contributed by atoms with Gasteiger partial charge in [-0.1, -0.05) is 0 Å². The molecule has 1 fully saturated rings. The van der Waals surface area contributed by atoms with Gasteiger partial charge in [-0.3, -0.25) is 0 Å². The van der Waals surface area contributed by atoms with Crippen LogP contribution in [-0.4, -0.2) is 43.6 Å². The second-order valence-electron chi connectivity index (χ2n) is 4.70. The first kappa shape index (κ1) is 11.5. The summed E-state index contributed by atoms with van der Waals surface area (Å²) in [5, 5.41) is 8.75. The third-order valence-corrected chi connectivity index (χ3v) is 3.27. The lowest BCUT2D eigenvalue weighted by molar-refractivity contribution is 0.0862. The predicted octanol–water partition coefficient (Wildman–Crippen LogP) is 1.98. The highest BCUT2D eigenvalue weighted by Gasteiger charge is 2.26. The molecule has 1 aliphatic heterocycles. The topological polar surface area (TPSA) is 49.8 Å². The quantitative estimate of drug-likeness (QED) is 0.720. The number of carbonyl (C=O) groups is 1. The van der Waals surface area contributed by atoms with Crippen LogP contribution in [0.2, 0.25) is 19.6 Å². The lowest BCUT2D eigenvalue weighted by atomic mass is 10.1. The van der Waals surface area contributed by atoms with Crippen molar-refractivity contribution in [2.45, 2.75) is 38.6 Å². The van der Waals surface area contributed by atoms with Crippen molar-refractivity contribution in [1.29, 1.82) is 0 Å². The molecule has 5 heteroatoms. The van der Waals surface area contributed by atoms with Gasteiger partial charge >= 0.3 is 6.09 Å². The van der Waals surface area contributed by atoms with Crippen LogP contribution in [0.3, 0.4) is 0 Å². The Morgan fingerprint density at radius 3 is 2.21 bits per heavy atom. The number of hydrogen-bond acceptors (Lipinski definition) is 2. The summed E-state index contributed by atoms with van der Waals surface area (Å²) in [5.41, 5.74) is 0. The first-order chi connectivity index (χ1) is 6.38. The second kappa shape index (κ2) is 4.31. The van der Waals surface area contributed by atoms with Crippen LogP contribution >= 0.6 is 0 Å². The van der Waals surface area contributed by atoms with Gasteiger partial charge in [0.25, 0.3) is 0 Å².